The Morgan fingerprint density at radius 3 is 2.50 bits per heavy atom. The van der Waals surface area contributed by atoms with Crippen LogP contribution in [0.1, 0.15) is 40.0 Å². The lowest BCUT2D eigenvalue weighted by molar-refractivity contribution is -0.141. The first kappa shape index (κ1) is 14.5. The minimum Gasteiger partial charge on any atom is -0.460 e. The number of ether oxygens (including phenoxy) is 2. The molecule has 5 nitrogen and oxygen atoms in total. The molecule has 0 bridgehead atoms. The van der Waals surface area contributed by atoms with Crippen molar-refractivity contribution in [1.82, 2.24) is 5.32 Å². The van der Waals surface area contributed by atoms with E-state index < -0.39 is 17.7 Å². The van der Waals surface area contributed by atoms with E-state index in [-0.39, 0.29) is 13.2 Å². The predicted octanol–water partition coefficient (Wildman–Crippen LogP) is 2.16. The van der Waals surface area contributed by atoms with Crippen LogP contribution in [0.4, 0.5) is 4.79 Å². The number of esters is 1. The highest BCUT2D eigenvalue weighted by molar-refractivity contribution is 5.78. The average molecular weight is 255 g/mol. The van der Waals surface area contributed by atoms with Crippen LogP contribution in [0.2, 0.25) is 0 Å². The van der Waals surface area contributed by atoms with Crippen molar-refractivity contribution in [3.63, 3.8) is 0 Å². The largest absolute Gasteiger partial charge is 0.460 e. The maximum absolute atomic E-state index is 11.3. The summed E-state index contributed by atoms with van der Waals surface area (Å²) in [6.45, 7) is 5.39. The van der Waals surface area contributed by atoms with Crippen molar-refractivity contribution >= 4 is 12.1 Å². The Hall–Kier alpha value is -1.52. The second kappa shape index (κ2) is 6.42. The molecule has 0 atom stereocenters. The molecule has 0 aliphatic heterocycles. The monoisotopic (exact) mass is 255 g/mol. The van der Waals surface area contributed by atoms with Gasteiger partial charge in [-0.1, -0.05) is 5.57 Å². The van der Waals surface area contributed by atoms with Crippen molar-refractivity contribution in [2.24, 2.45) is 0 Å². The third-order valence-electron chi connectivity index (χ3n) is 2.39. The Bertz CT molecular complexity index is 335. The molecule has 1 amide bonds. The molecule has 0 aromatic heterocycles. The van der Waals surface area contributed by atoms with Crippen LogP contribution in [0.5, 0.6) is 0 Å². The fraction of sp³-hybridized carbons (Fsp3) is 0.692. The summed E-state index contributed by atoms with van der Waals surface area (Å²) in [5.74, 6) is -0.461. The molecule has 0 radical (unpaired) electrons. The Morgan fingerprint density at radius 2 is 2.00 bits per heavy atom. The molecule has 0 saturated heterocycles. The molecule has 0 spiro atoms. The third-order valence-corrected chi connectivity index (χ3v) is 2.39. The van der Waals surface area contributed by atoms with Crippen LogP contribution in [0.3, 0.4) is 0 Å². The summed E-state index contributed by atoms with van der Waals surface area (Å²) in [6.07, 6.45) is 4.74. The van der Waals surface area contributed by atoms with Crippen LogP contribution < -0.4 is 5.32 Å². The number of carbonyl (C=O) groups is 2. The molecule has 102 valence electrons. The van der Waals surface area contributed by atoms with E-state index in [4.69, 9.17) is 9.47 Å². The Balaban J connectivity index is 2.10. The number of nitrogens with one attached hydrogen (secondary N) is 1. The number of allylic oxidation sites excluding steroid dienone is 1. The van der Waals surface area contributed by atoms with Crippen LogP contribution in [-0.4, -0.2) is 30.8 Å². The van der Waals surface area contributed by atoms with Gasteiger partial charge in [-0.05, 0) is 46.1 Å². The van der Waals surface area contributed by atoms with Gasteiger partial charge in [0.15, 0.2) is 0 Å². The van der Waals surface area contributed by atoms with Crippen molar-refractivity contribution in [3.05, 3.63) is 11.6 Å². The highest BCUT2D eigenvalue weighted by Crippen LogP contribution is 2.24. The van der Waals surface area contributed by atoms with Crippen LogP contribution in [-0.2, 0) is 14.3 Å². The standard InChI is InChI=1S/C13H21NO4/c1-13(2,3)18-12(16)14-9-11(15)17-8-7-10-5-4-6-10/h7H,4-6,8-9H2,1-3H3,(H,14,16). The molecule has 1 aliphatic rings. The van der Waals surface area contributed by atoms with Crippen LogP contribution in [0.15, 0.2) is 11.6 Å². The van der Waals surface area contributed by atoms with E-state index in [0.29, 0.717) is 0 Å². The van der Waals surface area contributed by atoms with Crippen LogP contribution in [0.25, 0.3) is 0 Å². The van der Waals surface area contributed by atoms with Gasteiger partial charge in [0.2, 0.25) is 0 Å². The lowest BCUT2D eigenvalue weighted by Crippen LogP contribution is -2.36. The van der Waals surface area contributed by atoms with Crippen molar-refractivity contribution in [2.45, 2.75) is 45.6 Å². The molecule has 5 heteroatoms. The Labute approximate surface area is 108 Å². The molecule has 0 aromatic rings. The number of hydrogen-bond donors (Lipinski definition) is 1. The fourth-order valence-corrected chi connectivity index (χ4v) is 1.35. The highest BCUT2D eigenvalue weighted by Gasteiger charge is 2.16. The van der Waals surface area contributed by atoms with Gasteiger partial charge < -0.3 is 14.8 Å². The first-order valence-corrected chi connectivity index (χ1v) is 6.17. The van der Waals surface area contributed by atoms with Gasteiger partial charge in [0.1, 0.15) is 18.8 Å². The lowest BCUT2D eigenvalue weighted by Gasteiger charge is -2.19. The molecule has 1 aliphatic carbocycles. The van der Waals surface area contributed by atoms with E-state index in [1.807, 2.05) is 6.08 Å². The Morgan fingerprint density at radius 1 is 1.33 bits per heavy atom. The summed E-state index contributed by atoms with van der Waals surface area (Å²) in [5, 5.41) is 2.35. The van der Waals surface area contributed by atoms with Gasteiger partial charge in [0.25, 0.3) is 0 Å². The second-order valence-electron chi connectivity index (χ2n) is 5.25. The van der Waals surface area contributed by atoms with Gasteiger partial charge in [0, 0.05) is 0 Å². The highest BCUT2D eigenvalue weighted by atomic mass is 16.6. The topological polar surface area (TPSA) is 64.6 Å². The molecular formula is C13H21NO4. The van der Waals surface area contributed by atoms with Crippen molar-refractivity contribution in [2.75, 3.05) is 13.2 Å². The minimum atomic E-state index is -0.614. The van der Waals surface area contributed by atoms with Gasteiger partial charge in [-0.15, -0.1) is 0 Å². The van der Waals surface area contributed by atoms with Gasteiger partial charge >= 0.3 is 12.1 Å². The van der Waals surface area contributed by atoms with Crippen molar-refractivity contribution < 1.29 is 19.1 Å². The smallest absolute Gasteiger partial charge is 0.408 e. The van der Waals surface area contributed by atoms with Crippen molar-refractivity contribution in [1.29, 1.82) is 0 Å². The maximum Gasteiger partial charge on any atom is 0.408 e. The summed E-state index contributed by atoms with van der Waals surface area (Å²) in [4.78, 5) is 22.5. The minimum absolute atomic E-state index is 0.169. The quantitative estimate of drug-likeness (QED) is 0.617. The van der Waals surface area contributed by atoms with E-state index in [9.17, 15) is 9.59 Å². The summed E-state index contributed by atoms with van der Waals surface area (Å²) in [7, 11) is 0. The van der Waals surface area contributed by atoms with E-state index >= 15 is 0 Å². The zero-order valence-electron chi connectivity index (χ0n) is 11.2. The summed E-state index contributed by atoms with van der Waals surface area (Å²) < 4.78 is 9.93. The first-order valence-electron chi connectivity index (χ1n) is 6.17. The summed E-state index contributed by atoms with van der Waals surface area (Å²) >= 11 is 0. The molecule has 0 aromatic carbocycles. The molecule has 1 saturated carbocycles. The van der Waals surface area contributed by atoms with Crippen LogP contribution >= 0.6 is 0 Å². The number of hydrogen-bond acceptors (Lipinski definition) is 4. The normalized spacial score (nSPS) is 14.5. The molecule has 18 heavy (non-hydrogen) atoms. The van der Waals surface area contributed by atoms with Gasteiger partial charge in [-0.25, -0.2) is 4.79 Å². The molecule has 1 N–H and O–H groups in total. The zero-order chi connectivity index (χ0) is 13.6. The Kier molecular flexibility index (Phi) is 5.19. The molecular weight excluding hydrogens is 234 g/mol. The molecule has 1 fully saturated rings. The molecule has 1 rings (SSSR count). The van der Waals surface area contributed by atoms with Gasteiger partial charge in [-0.2, -0.15) is 0 Å². The number of carbonyl (C=O) groups excluding carboxylic acids is 2. The average Bonchev–Trinajstić information content (AvgIpc) is 2.16. The van der Waals surface area contributed by atoms with E-state index in [0.717, 1.165) is 12.8 Å². The number of alkyl carbamates (subject to hydrolysis) is 1. The lowest BCUT2D eigenvalue weighted by atomic mass is 9.92. The first-order chi connectivity index (χ1) is 8.37. The fourth-order valence-electron chi connectivity index (χ4n) is 1.35. The third kappa shape index (κ3) is 6.27. The zero-order valence-corrected chi connectivity index (χ0v) is 11.2. The van der Waals surface area contributed by atoms with E-state index in [1.54, 1.807) is 20.8 Å². The van der Waals surface area contributed by atoms with Crippen LogP contribution in [0, 0.1) is 0 Å². The van der Waals surface area contributed by atoms with Gasteiger partial charge in [-0.3, -0.25) is 4.79 Å². The van der Waals surface area contributed by atoms with Gasteiger partial charge in [0.05, 0.1) is 0 Å². The molecule has 0 heterocycles. The number of rotatable bonds is 4. The number of amides is 1. The van der Waals surface area contributed by atoms with Crippen molar-refractivity contribution in [3.8, 4) is 0 Å². The molecule has 0 unspecified atom stereocenters. The SMILES string of the molecule is CC(C)(C)OC(=O)NCC(=O)OCC=C1CCC1. The predicted molar refractivity (Wildman–Crippen MR) is 67.1 cm³/mol. The second-order valence-corrected chi connectivity index (χ2v) is 5.25. The summed E-state index contributed by atoms with van der Waals surface area (Å²) in [6, 6.07) is 0. The van der Waals surface area contributed by atoms with E-state index in [1.165, 1.54) is 12.0 Å². The van der Waals surface area contributed by atoms with E-state index in [2.05, 4.69) is 5.32 Å². The summed E-state index contributed by atoms with van der Waals surface area (Å²) in [5.41, 5.74) is 0.769. The maximum atomic E-state index is 11.3.